The standard InChI is InChI=1S/C31H41N5O6/c1-18(2)26-28(38)33-20(4)29(39)36-15-7-8-24(35-36)27(37)32-19(3)23-12-11-22-10-9-21(16-25(22)34-23)13-14-31(5,17-41-6)30(40)42-26/h9-14,16,18-20,24,26,35H,7-8,15,17H2,1-6H3,(H,32,37)(H,33,38)/b14-13+/t19-,20+,24+,26?,31-/m1/s1. The lowest BCUT2D eigenvalue weighted by atomic mass is 9.90. The van der Waals surface area contributed by atoms with E-state index in [4.69, 9.17) is 14.5 Å². The number of benzene rings is 1. The lowest BCUT2D eigenvalue weighted by Crippen LogP contribution is -2.61. The molecule has 11 heteroatoms. The van der Waals surface area contributed by atoms with Crippen molar-refractivity contribution < 1.29 is 28.7 Å². The number of aromatic nitrogens is 1. The quantitative estimate of drug-likeness (QED) is 0.472. The van der Waals surface area contributed by atoms with Crippen molar-refractivity contribution in [3.8, 4) is 0 Å². The van der Waals surface area contributed by atoms with Crippen molar-refractivity contribution in [3.05, 3.63) is 47.7 Å². The molecule has 0 radical (unpaired) electrons. The Balaban J connectivity index is 1.74. The molecule has 1 saturated heterocycles. The van der Waals surface area contributed by atoms with Crippen molar-refractivity contribution in [1.82, 2.24) is 26.1 Å². The number of hydrazine groups is 1. The minimum atomic E-state index is -1.20. The first-order valence-corrected chi connectivity index (χ1v) is 14.4. The molecule has 2 aromatic rings. The maximum Gasteiger partial charge on any atom is 0.318 e. The minimum Gasteiger partial charge on any atom is -0.451 e. The second kappa shape index (κ2) is 13.0. The SMILES string of the molecule is COC[C@@]1(C)/C=C/c2ccc3ccc(nc3c2)[C@@H](C)NC(=O)[C@@H]2CCCN(N2)C(=O)[C@H](C)NC(=O)C(C(C)C)OC1=O. The fourth-order valence-electron chi connectivity index (χ4n) is 5.11. The number of amides is 3. The molecule has 1 fully saturated rings. The number of fused-ring (bicyclic) bond motifs is 4. The monoisotopic (exact) mass is 579 g/mol. The first-order valence-electron chi connectivity index (χ1n) is 14.4. The van der Waals surface area contributed by atoms with E-state index in [-0.39, 0.29) is 24.5 Å². The summed E-state index contributed by atoms with van der Waals surface area (Å²) in [4.78, 5) is 58.0. The minimum absolute atomic E-state index is 0.0264. The van der Waals surface area contributed by atoms with Crippen LogP contribution in [-0.2, 0) is 28.7 Å². The number of esters is 1. The molecule has 0 spiro atoms. The Kier molecular flexibility index (Phi) is 9.63. The highest BCUT2D eigenvalue weighted by Gasteiger charge is 2.38. The number of rotatable bonds is 3. The van der Waals surface area contributed by atoms with Gasteiger partial charge in [0.05, 0.1) is 23.9 Å². The highest BCUT2D eigenvalue weighted by Crippen LogP contribution is 2.26. The van der Waals surface area contributed by atoms with E-state index in [1.54, 1.807) is 39.8 Å². The highest BCUT2D eigenvalue weighted by molar-refractivity contribution is 5.91. The first kappa shape index (κ1) is 31.1. The van der Waals surface area contributed by atoms with E-state index in [1.165, 1.54) is 12.1 Å². The van der Waals surface area contributed by atoms with Gasteiger partial charge in [0.25, 0.3) is 11.8 Å². The zero-order valence-electron chi connectivity index (χ0n) is 25.1. The van der Waals surface area contributed by atoms with E-state index in [0.717, 1.165) is 16.5 Å². The van der Waals surface area contributed by atoms with Crippen LogP contribution in [0.5, 0.6) is 0 Å². The van der Waals surface area contributed by atoms with Crippen LogP contribution in [0.2, 0.25) is 0 Å². The normalized spacial score (nSPS) is 28.8. The van der Waals surface area contributed by atoms with E-state index in [9.17, 15) is 19.2 Å². The molecule has 1 aromatic heterocycles. The number of carbonyl (C=O) groups excluding carboxylic acids is 4. The van der Waals surface area contributed by atoms with E-state index in [2.05, 4.69) is 16.1 Å². The van der Waals surface area contributed by atoms with Crippen molar-refractivity contribution in [2.45, 2.75) is 71.7 Å². The molecular weight excluding hydrogens is 538 g/mol. The van der Waals surface area contributed by atoms with Crippen LogP contribution in [0.4, 0.5) is 0 Å². The summed E-state index contributed by atoms with van der Waals surface area (Å²) < 4.78 is 11.1. The first-order chi connectivity index (χ1) is 19.9. The topological polar surface area (TPSA) is 139 Å². The van der Waals surface area contributed by atoms with Crippen LogP contribution in [0.15, 0.2) is 36.4 Å². The number of nitrogens with zero attached hydrogens (tertiary/aromatic N) is 2. The molecule has 226 valence electrons. The Hall–Kier alpha value is -3.83. The highest BCUT2D eigenvalue weighted by atomic mass is 16.6. The average Bonchev–Trinajstić information content (AvgIpc) is 2.97. The third-order valence-electron chi connectivity index (χ3n) is 7.69. The van der Waals surface area contributed by atoms with Gasteiger partial charge in [-0.3, -0.25) is 29.2 Å². The van der Waals surface area contributed by atoms with Crippen molar-refractivity contribution in [2.75, 3.05) is 20.3 Å². The number of hydrogen-bond donors (Lipinski definition) is 3. The summed E-state index contributed by atoms with van der Waals surface area (Å²) in [6.45, 7) is 9.06. The lowest BCUT2D eigenvalue weighted by molar-refractivity contribution is -0.168. The van der Waals surface area contributed by atoms with Crippen molar-refractivity contribution in [2.24, 2.45) is 11.3 Å². The Morgan fingerprint density at radius 1 is 1.07 bits per heavy atom. The predicted octanol–water partition coefficient (Wildman–Crippen LogP) is 2.66. The number of methoxy groups -OCH3 is 1. The summed E-state index contributed by atoms with van der Waals surface area (Å²) in [6, 6.07) is 7.67. The van der Waals surface area contributed by atoms with Crippen molar-refractivity contribution in [1.29, 1.82) is 0 Å². The molecule has 3 heterocycles. The summed E-state index contributed by atoms with van der Waals surface area (Å²) in [6.07, 6.45) is 3.53. The molecule has 4 rings (SSSR count). The number of ether oxygens (including phenoxy) is 2. The second-order valence-corrected chi connectivity index (χ2v) is 11.7. The molecule has 11 nitrogen and oxygen atoms in total. The summed E-state index contributed by atoms with van der Waals surface area (Å²) in [5.74, 6) is -2.21. The average molecular weight is 580 g/mol. The van der Waals surface area contributed by atoms with Gasteiger partial charge in [-0.05, 0) is 57.2 Å². The van der Waals surface area contributed by atoms with E-state index in [1.807, 2.05) is 37.3 Å². The molecule has 5 atom stereocenters. The molecule has 2 aliphatic heterocycles. The van der Waals surface area contributed by atoms with Gasteiger partial charge in [0.15, 0.2) is 6.10 Å². The molecule has 0 saturated carbocycles. The zero-order valence-corrected chi connectivity index (χ0v) is 25.1. The number of hydrogen-bond acceptors (Lipinski definition) is 8. The molecular formula is C31H41N5O6. The molecule has 42 heavy (non-hydrogen) atoms. The zero-order chi connectivity index (χ0) is 30.6. The summed E-state index contributed by atoms with van der Waals surface area (Å²) in [7, 11) is 1.49. The predicted molar refractivity (Wildman–Crippen MR) is 158 cm³/mol. The van der Waals surface area contributed by atoms with Crippen LogP contribution in [0.1, 0.15) is 64.8 Å². The van der Waals surface area contributed by atoms with E-state index in [0.29, 0.717) is 25.1 Å². The number of cyclic esters (lactones) is 1. The molecule has 2 aliphatic rings. The third kappa shape index (κ3) is 6.96. The van der Waals surface area contributed by atoms with Crippen LogP contribution >= 0.6 is 0 Å². The summed E-state index contributed by atoms with van der Waals surface area (Å²) in [5.41, 5.74) is 4.05. The van der Waals surface area contributed by atoms with Gasteiger partial charge < -0.3 is 20.1 Å². The Labute approximate surface area is 246 Å². The lowest BCUT2D eigenvalue weighted by Gasteiger charge is -2.35. The third-order valence-corrected chi connectivity index (χ3v) is 7.69. The Bertz CT molecular complexity index is 1380. The second-order valence-electron chi connectivity index (χ2n) is 11.7. The van der Waals surface area contributed by atoms with Crippen LogP contribution < -0.4 is 16.1 Å². The fourth-order valence-corrected chi connectivity index (χ4v) is 5.11. The largest absolute Gasteiger partial charge is 0.451 e. The van der Waals surface area contributed by atoms with Gasteiger partial charge in [-0.15, -0.1) is 0 Å². The molecule has 3 amide bonds. The number of nitrogens with one attached hydrogen (secondary N) is 3. The van der Waals surface area contributed by atoms with E-state index >= 15 is 0 Å². The fraction of sp³-hybridized carbons (Fsp3) is 0.516. The van der Waals surface area contributed by atoms with Gasteiger partial charge in [-0.25, -0.2) is 5.43 Å². The van der Waals surface area contributed by atoms with E-state index < -0.39 is 41.4 Å². The molecule has 5 bridgehead atoms. The smallest absolute Gasteiger partial charge is 0.318 e. The van der Waals surface area contributed by atoms with Crippen molar-refractivity contribution >= 4 is 40.7 Å². The molecule has 3 N–H and O–H groups in total. The summed E-state index contributed by atoms with van der Waals surface area (Å²) >= 11 is 0. The Morgan fingerprint density at radius 3 is 2.50 bits per heavy atom. The maximum absolute atomic E-state index is 13.5. The van der Waals surface area contributed by atoms with Crippen LogP contribution in [0, 0.1) is 11.3 Å². The molecule has 1 aromatic carbocycles. The van der Waals surface area contributed by atoms with Crippen molar-refractivity contribution in [3.63, 3.8) is 0 Å². The molecule has 1 unspecified atom stereocenters. The van der Waals surface area contributed by atoms with Gasteiger partial charge in [-0.1, -0.05) is 44.2 Å². The Morgan fingerprint density at radius 2 is 1.79 bits per heavy atom. The maximum atomic E-state index is 13.5. The number of pyridine rings is 1. The van der Waals surface area contributed by atoms with Gasteiger partial charge >= 0.3 is 5.97 Å². The number of carbonyl (C=O) groups is 4. The van der Waals surface area contributed by atoms with Crippen LogP contribution in [0.3, 0.4) is 0 Å². The van der Waals surface area contributed by atoms with Gasteiger partial charge in [0, 0.05) is 19.0 Å². The van der Waals surface area contributed by atoms with Gasteiger partial charge in [-0.2, -0.15) is 0 Å². The summed E-state index contributed by atoms with van der Waals surface area (Å²) in [5, 5.41) is 8.01. The molecule has 0 aliphatic carbocycles. The van der Waals surface area contributed by atoms with Gasteiger partial charge in [0.2, 0.25) is 5.91 Å². The van der Waals surface area contributed by atoms with Crippen LogP contribution in [0.25, 0.3) is 17.0 Å². The van der Waals surface area contributed by atoms with Gasteiger partial charge in [0.1, 0.15) is 17.5 Å². The van der Waals surface area contributed by atoms with Crippen LogP contribution in [-0.4, -0.2) is 72.1 Å².